The first kappa shape index (κ1) is 24.0. The van der Waals surface area contributed by atoms with Crippen LogP contribution in [0.1, 0.15) is 30.0 Å². The van der Waals surface area contributed by atoms with E-state index in [0.717, 1.165) is 47.0 Å². The van der Waals surface area contributed by atoms with Crippen molar-refractivity contribution in [1.82, 2.24) is 24.1 Å². The van der Waals surface area contributed by atoms with Gasteiger partial charge in [0.1, 0.15) is 0 Å². The molecule has 0 saturated carbocycles. The molecule has 188 valence electrons. The molecular weight excluding hydrogens is 480 g/mol. The van der Waals surface area contributed by atoms with Gasteiger partial charge in [0.25, 0.3) is 10.0 Å². The maximum Gasteiger partial charge on any atom is 0.333 e. The number of fused-ring (bicyclic) bond motifs is 2. The molecule has 36 heavy (non-hydrogen) atoms. The lowest BCUT2D eigenvalue weighted by Crippen LogP contribution is -2.35. The number of methoxy groups -OCH3 is 1. The maximum atomic E-state index is 13.0. The summed E-state index contributed by atoms with van der Waals surface area (Å²) in [6, 6.07) is 8.54. The van der Waals surface area contributed by atoms with Gasteiger partial charge in [0, 0.05) is 31.3 Å². The van der Waals surface area contributed by atoms with Gasteiger partial charge in [-0.25, -0.2) is 14.0 Å². The van der Waals surface area contributed by atoms with E-state index in [2.05, 4.69) is 26.3 Å². The van der Waals surface area contributed by atoms with Crippen LogP contribution in [0.25, 0.3) is 16.6 Å². The molecule has 1 atom stereocenters. The van der Waals surface area contributed by atoms with Gasteiger partial charge in [-0.3, -0.25) is 4.68 Å². The zero-order chi connectivity index (χ0) is 25.4. The highest BCUT2D eigenvalue weighted by molar-refractivity contribution is 7.90. The Labute approximate surface area is 209 Å². The van der Waals surface area contributed by atoms with Gasteiger partial charge in [-0.05, 0) is 79.6 Å². The van der Waals surface area contributed by atoms with Gasteiger partial charge >= 0.3 is 6.03 Å². The Morgan fingerprint density at radius 1 is 1.19 bits per heavy atom. The van der Waals surface area contributed by atoms with Crippen molar-refractivity contribution in [3.63, 3.8) is 0 Å². The number of amides is 2. The Bertz CT molecular complexity index is 1560. The second kappa shape index (κ2) is 9.40. The fourth-order valence-electron chi connectivity index (χ4n) is 4.72. The van der Waals surface area contributed by atoms with Crippen LogP contribution in [0.5, 0.6) is 0 Å². The number of carbonyl (C=O) groups excluding carboxylic acids is 1. The van der Waals surface area contributed by atoms with Gasteiger partial charge < -0.3 is 10.1 Å². The highest BCUT2D eigenvalue weighted by Crippen LogP contribution is 2.40. The first-order valence-corrected chi connectivity index (χ1v) is 13.2. The molecule has 3 heterocycles. The topological polar surface area (TPSA) is 120 Å². The number of anilines is 1. The SMILES string of the molecule is CO[C@@H](C)Cn1ccc(S(=O)(=O)NC(=O)Nc2c3c(cc(C)c2-c2ccn4nccc4c2)CCC3)n1. The zero-order valence-corrected chi connectivity index (χ0v) is 21.2. The Kier molecular flexibility index (Phi) is 6.27. The van der Waals surface area contributed by atoms with Gasteiger partial charge in [0.05, 0.1) is 23.9 Å². The molecule has 4 aromatic rings. The molecule has 2 N–H and O–H groups in total. The van der Waals surface area contributed by atoms with Crippen molar-refractivity contribution in [2.75, 3.05) is 12.4 Å². The summed E-state index contributed by atoms with van der Waals surface area (Å²) in [6.07, 6.45) is 7.70. The van der Waals surface area contributed by atoms with Gasteiger partial charge in [-0.15, -0.1) is 0 Å². The van der Waals surface area contributed by atoms with Gasteiger partial charge in [-0.2, -0.15) is 18.6 Å². The molecule has 5 rings (SSSR count). The van der Waals surface area contributed by atoms with Crippen molar-refractivity contribution in [2.45, 2.75) is 50.8 Å². The summed E-state index contributed by atoms with van der Waals surface area (Å²) in [7, 11) is -2.60. The van der Waals surface area contributed by atoms with E-state index in [1.54, 1.807) is 24.0 Å². The molecule has 11 heteroatoms. The summed E-state index contributed by atoms with van der Waals surface area (Å²) in [6.45, 7) is 4.24. The lowest BCUT2D eigenvalue weighted by atomic mass is 9.93. The van der Waals surface area contributed by atoms with Crippen LogP contribution in [-0.4, -0.2) is 47.1 Å². The molecule has 0 saturated heterocycles. The number of hydrogen-bond donors (Lipinski definition) is 2. The third-order valence-corrected chi connectivity index (χ3v) is 7.71. The number of benzene rings is 1. The minimum atomic E-state index is -4.17. The van der Waals surface area contributed by atoms with Crippen LogP contribution < -0.4 is 10.0 Å². The minimum absolute atomic E-state index is 0.139. The monoisotopic (exact) mass is 508 g/mol. The van der Waals surface area contributed by atoms with E-state index >= 15 is 0 Å². The number of nitrogens with one attached hydrogen (secondary N) is 2. The Morgan fingerprint density at radius 3 is 2.83 bits per heavy atom. The van der Waals surface area contributed by atoms with Gasteiger partial charge in [0.2, 0.25) is 0 Å². The third kappa shape index (κ3) is 4.59. The molecular formula is C25H28N6O4S. The average Bonchev–Trinajstić information content (AvgIpc) is 3.59. The van der Waals surface area contributed by atoms with E-state index < -0.39 is 16.1 Å². The number of pyridine rings is 1. The first-order valence-electron chi connectivity index (χ1n) is 11.7. The standard InChI is InChI=1S/C25H28N6O4S/c1-16-13-18-5-4-6-21(18)24(23(16)19-8-12-31-20(14-19)7-10-26-31)27-25(32)29-36(33,34)22-9-11-30(28-22)15-17(2)35-3/h7-14,17H,4-6,15H2,1-3H3,(H2,27,29,32)/t17-/m0/s1. The van der Waals surface area contributed by atoms with E-state index in [0.29, 0.717) is 12.2 Å². The fourth-order valence-corrected chi connectivity index (χ4v) is 5.57. The van der Waals surface area contributed by atoms with E-state index in [9.17, 15) is 13.2 Å². The molecule has 10 nitrogen and oxygen atoms in total. The minimum Gasteiger partial charge on any atom is -0.380 e. The Balaban J connectivity index is 1.45. The van der Waals surface area contributed by atoms with Crippen LogP contribution in [0.4, 0.5) is 10.5 Å². The number of ether oxygens (including phenoxy) is 1. The number of sulfonamides is 1. The second-order valence-corrected chi connectivity index (χ2v) is 10.7. The number of aromatic nitrogens is 4. The molecule has 0 bridgehead atoms. The predicted octanol–water partition coefficient (Wildman–Crippen LogP) is 3.54. The van der Waals surface area contributed by atoms with E-state index in [-0.39, 0.29) is 11.1 Å². The van der Waals surface area contributed by atoms with Crippen molar-refractivity contribution in [1.29, 1.82) is 0 Å². The molecule has 0 unspecified atom stereocenters. The molecule has 0 fully saturated rings. The molecule has 0 spiro atoms. The maximum absolute atomic E-state index is 13.0. The smallest absolute Gasteiger partial charge is 0.333 e. The quantitative estimate of drug-likeness (QED) is 0.394. The average molecular weight is 509 g/mol. The van der Waals surface area contributed by atoms with Crippen molar-refractivity contribution in [3.05, 3.63) is 65.6 Å². The fraction of sp³-hybridized carbons (Fsp3) is 0.320. The number of carbonyl (C=O) groups is 1. The summed E-state index contributed by atoms with van der Waals surface area (Å²) in [5.41, 5.74) is 6.55. The number of nitrogens with zero attached hydrogens (tertiary/aromatic N) is 4. The summed E-state index contributed by atoms with van der Waals surface area (Å²) in [5.74, 6) is 0. The molecule has 1 aliphatic rings. The van der Waals surface area contributed by atoms with Crippen LogP contribution in [0.2, 0.25) is 0 Å². The summed E-state index contributed by atoms with van der Waals surface area (Å²) in [5, 5.41) is 11.0. The zero-order valence-electron chi connectivity index (χ0n) is 20.4. The highest BCUT2D eigenvalue weighted by Gasteiger charge is 2.26. The van der Waals surface area contributed by atoms with Crippen LogP contribution in [-0.2, 0) is 34.1 Å². The number of hydrogen-bond acceptors (Lipinski definition) is 6. The number of aryl methyl sites for hydroxylation is 2. The van der Waals surface area contributed by atoms with Crippen molar-refractivity contribution >= 4 is 27.3 Å². The predicted molar refractivity (Wildman–Crippen MR) is 135 cm³/mol. The molecule has 3 aromatic heterocycles. The van der Waals surface area contributed by atoms with E-state index in [4.69, 9.17) is 4.74 Å². The van der Waals surface area contributed by atoms with Crippen LogP contribution in [0, 0.1) is 6.92 Å². The highest BCUT2D eigenvalue weighted by atomic mass is 32.2. The number of rotatable bonds is 7. The van der Waals surface area contributed by atoms with E-state index in [1.165, 1.54) is 16.3 Å². The van der Waals surface area contributed by atoms with Gasteiger partial charge in [0.15, 0.2) is 5.03 Å². The number of urea groups is 1. The molecule has 1 aliphatic carbocycles. The van der Waals surface area contributed by atoms with Crippen molar-refractivity contribution in [3.8, 4) is 11.1 Å². The molecule has 0 radical (unpaired) electrons. The summed E-state index contributed by atoms with van der Waals surface area (Å²) in [4.78, 5) is 13.0. The molecule has 0 aliphatic heterocycles. The largest absolute Gasteiger partial charge is 0.380 e. The molecule has 2 amide bonds. The van der Waals surface area contributed by atoms with Gasteiger partial charge in [-0.1, -0.05) is 6.07 Å². The summed E-state index contributed by atoms with van der Waals surface area (Å²) >= 11 is 0. The third-order valence-electron chi connectivity index (χ3n) is 6.49. The first-order chi connectivity index (χ1) is 17.2. The second-order valence-electron chi connectivity index (χ2n) is 9.03. The van der Waals surface area contributed by atoms with Crippen LogP contribution >= 0.6 is 0 Å². The van der Waals surface area contributed by atoms with Crippen LogP contribution in [0.3, 0.4) is 0 Å². The van der Waals surface area contributed by atoms with Crippen LogP contribution in [0.15, 0.2) is 53.9 Å². The lowest BCUT2D eigenvalue weighted by Gasteiger charge is -2.19. The normalized spacial score (nSPS) is 14.1. The molecule has 1 aromatic carbocycles. The van der Waals surface area contributed by atoms with E-state index in [1.807, 2.05) is 38.2 Å². The lowest BCUT2D eigenvalue weighted by molar-refractivity contribution is 0.0995. The summed E-state index contributed by atoms with van der Waals surface area (Å²) < 4.78 is 36.3. The Morgan fingerprint density at radius 2 is 2.03 bits per heavy atom. The Hall–Kier alpha value is -3.70. The van der Waals surface area contributed by atoms with Crippen molar-refractivity contribution in [2.24, 2.45) is 0 Å². The van der Waals surface area contributed by atoms with Crippen molar-refractivity contribution < 1.29 is 17.9 Å².